The number of benzene rings is 1. The summed E-state index contributed by atoms with van der Waals surface area (Å²) in [6, 6.07) is 5.66. The maximum atomic E-state index is 10.9. The van der Waals surface area contributed by atoms with Gasteiger partial charge in [0.25, 0.3) is 0 Å². The van der Waals surface area contributed by atoms with Crippen LogP contribution >= 0.6 is 0 Å². The van der Waals surface area contributed by atoms with Crippen molar-refractivity contribution in [2.24, 2.45) is 0 Å². The molecule has 0 saturated carbocycles. The molecule has 0 aliphatic heterocycles. The molecule has 5 nitrogen and oxygen atoms in total. The van der Waals surface area contributed by atoms with Crippen LogP contribution in [0.5, 0.6) is 5.75 Å². The average molecular weight is 295 g/mol. The zero-order valence-corrected chi connectivity index (χ0v) is 13.4. The Balaban J connectivity index is 2.67. The molecule has 0 saturated heterocycles. The quantitative estimate of drug-likeness (QED) is 0.791. The summed E-state index contributed by atoms with van der Waals surface area (Å²) in [6.07, 6.45) is -0.486. The van der Waals surface area contributed by atoms with Crippen LogP contribution in [0.1, 0.15) is 44.7 Å². The lowest BCUT2D eigenvalue weighted by Crippen LogP contribution is -2.31. The number of carbonyl (C=O) groups is 1. The minimum atomic E-state index is -0.641. The van der Waals surface area contributed by atoms with E-state index in [0.29, 0.717) is 19.1 Å². The lowest BCUT2D eigenvalue weighted by Gasteiger charge is -2.27. The van der Waals surface area contributed by atoms with E-state index in [9.17, 15) is 9.90 Å². The summed E-state index contributed by atoms with van der Waals surface area (Å²) in [4.78, 5) is 10.9. The first-order valence-corrected chi connectivity index (χ1v) is 7.07. The predicted octanol–water partition coefficient (Wildman–Crippen LogP) is 3.12. The highest BCUT2D eigenvalue weighted by molar-refractivity contribution is 5.66. The van der Waals surface area contributed by atoms with E-state index >= 15 is 0 Å². The van der Waals surface area contributed by atoms with E-state index in [2.05, 4.69) is 23.9 Å². The summed E-state index contributed by atoms with van der Waals surface area (Å²) in [5, 5.41) is 12.7. The highest BCUT2D eigenvalue weighted by Crippen LogP contribution is 2.34. The second kappa shape index (κ2) is 7.31. The van der Waals surface area contributed by atoms with Gasteiger partial charge in [-0.25, -0.2) is 4.79 Å². The molecule has 1 aromatic carbocycles. The molecule has 1 aromatic rings. The van der Waals surface area contributed by atoms with E-state index in [-0.39, 0.29) is 5.75 Å². The van der Waals surface area contributed by atoms with Crippen molar-refractivity contribution in [1.82, 2.24) is 5.32 Å². The van der Waals surface area contributed by atoms with Crippen LogP contribution in [0.3, 0.4) is 0 Å². The number of nitrogens with one attached hydrogen (secondary N) is 1. The van der Waals surface area contributed by atoms with E-state index in [1.807, 2.05) is 26.0 Å². The maximum Gasteiger partial charge on any atom is 0.406 e. The third kappa shape index (κ3) is 4.93. The molecule has 0 fully saturated rings. The van der Waals surface area contributed by atoms with Gasteiger partial charge in [-0.3, -0.25) is 0 Å². The van der Waals surface area contributed by atoms with Crippen LogP contribution in [0.4, 0.5) is 4.79 Å². The van der Waals surface area contributed by atoms with Gasteiger partial charge in [-0.1, -0.05) is 26.0 Å². The minimum absolute atomic E-state index is 0.229. The second-order valence-corrected chi connectivity index (χ2v) is 5.71. The topological polar surface area (TPSA) is 67.8 Å². The first-order chi connectivity index (χ1) is 9.77. The van der Waals surface area contributed by atoms with Crippen LogP contribution in [0.2, 0.25) is 0 Å². The van der Waals surface area contributed by atoms with Gasteiger partial charge in [0.15, 0.2) is 0 Å². The Labute approximate surface area is 126 Å². The summed E-state index contributed by atoms with van der Waals surface area (Å²) >= 11 is 0. The highest BCUT2D eigenvalue weighted by atomic mass is 16.5. The van der Waals surface area contributed by atoms with Crippen LogP contribution in [-0.2, 0) is 15.1 Å². The zero-order chi connectivity index (χ0) is 16.0. The fourth-order valence-corrected chi connectivity index (χ4v) is 2.03. The number of hydrogen-bond donors (Lipinski definition) is 2. The molecule has 0 radical (unpaired) electrons. The molecule has 0 aliphatic carbocycles. The Morgan fingerprint density at radius 2 is 2.05 bits per heavy atom. The van der Waals surface area contributed by atoms with E-state index in [0.717, 1.165) is 11.1 Å². The van der Waals surface area contributed by atoms with Crippen LogP contribution in [0.15, 0.2) is 18.2 Å². The Bertz CT molecular complexity index is 483. The smallest absolute Gasteiger partial charge is 0.406 e. The molecular weight excluding hydrogens is 270 g/mol. The van der Waals surface area contributed by atoms with Gasteiger partial charge >= 0.3 is 6.09 Å². The second-order valence-electron chi connectivity index (χ2n) is 5.71. The Kier molecular flexibility index (Phi) is 6.03. The molecular formula is C16H25NO4. The summed E-state index contributed by atoms with van der Waals surface area (Å²) in [5.74, 6) is 0.588. The number of phenolic OH excluding ortho intramolecular Hbond substituents is 1. The normalized spacial score (nSPS) is 11.5. The van der Waals surface area contributed by atoms with Crippen molar-refractivity contribution in [2.45, 2.75) is 39.2 Å². The van der Waals surface area contributed by atoms with Gasteiger partial charge in [-0.2, -0.15) is 0 Å². The van der Waals surface area contributed by atoms with Crippen molar-refractivity contribution in [3.8, 4) is 5.75 Å². The van der Waals surface area contributed by atoms with E-state index in [1.165, 1.54) is 7.11 Å². The molecule has 5 heteroatoms. The summed E-state index contributed by atoms with van der Waals surface area (Å²) in [5.41, 5.74) is 1.17. The molecule has 0 aliphatic rings. The molecule has 0 spiro atoms. The van der Waals surface area contributed by atoms with Crippen molar-refractivity contribution >= 4 is 6.09 Å². The molecule has 0 unspecified atom stereocenters. The molecule has 0 bridgehead atoms. The van der Waals surface area contributed by atoms with Gasteiger partial charge in [0, 0.05) is 12.1 Å². The number of methoxy groups -OCH3 is 1. The maximum absolute atomic E-state index is 10.9. The van der Waals surface area contributed by atoms with Crippen molar-refractivity contribution in [1.29, 1.82) is 0 Å². The van der Waals surface area contributed by atoms with Crippen molar-refractivity contribution in [3.05, 3.63) is 29.3 Å². The number of amides is 1. The molecule has 21 heavy (non-hydrogen) atoms. The molecule has 2 N–H and O–H groups in total. The number of rotatable bonds is 6. The number of aromatic hydroxyl groups is 1. The van der Waals surface area contributed by atoms with E-state index in [4.69, 9.17) is 4.74 Å². The van der Waals surface area contributed by atoms with Gasteiger partial charge in [0.1, 0.15) is 5.75 Å². The number of ether oxygens (including phenoxy) is 2. The van der Waals surface area contributed by atoms with Crippen LogP contribution in [-0.4, -0.2) is 31.5 Å². The average Bonchev–Trinajstić information content (AvgIpc) is 2.42. The Morgan fingerprint density at radius 3 is 2.57 bits per heavy atom. The number of alkyl carbamates (subject to hydrolysis) is 1. The molecule has 0 atom stereocenters. The largest absolute Gasteiger partial charge is 0.508 e. The van der Waals surface area contributed by atoms with Gasteiger partial charge < -0.3 is 19.9 Å². The zero-order valence-electron chi connectivity index (χ0n) is 13.4. The lowest BCUT2D eigenvalue weighted by atomic mass is 9.93. The number of hydrogen-bond acceptors (Lipinski definition) is 4. The van der Waals surface area contributed by atoms with Crippen LogP contribution in [0.25, 0.3) is 0 Å². The van der Waals surface area contributed by atoms with Crippen LogP contribution < -0.4 is 5.32 Å². The molecule has 1 rings (SSSR count). The fourth-order valence-electron chi connectivity index (χ4n) is 2.03. The fraction of sp³-hybridized carbons (Fsp3) is 0.562. The molecule has 0 aromatic heterocycles. The van der Waals surface area contributed by atoms with Gasteiger partial charge in [-0.05, 0) is 31.4 Å². The van der Waals surface area contributed by atoms with E-state index in [1.54, 1.807) is 6.07 Å². The molecule has 0 heterocycles. The summed E-state index contributed by atoms with van der Waals surface area (Å²) in [6.45, 7) is 8.60. The van der Waals surface area contributed by atoms with Crippen molar-refractivity contribution in [3.63, 3.8) is 0 Å². The van der Waals surface area contributed by atoms with Gasteiger partial charge in [-0.15, -0.1) is 0 Å². The van der Waals surface area contributed by atoms with Gasteiger partial charge in [0.2, 0.25) is 0 Å². The standard InChI is InChI=1S/C16H25NO4/c1-11(2)12-6-7-13(14(18)10-12)16(3,4)21-9-8-17-15(19)20-5/h6-7,10-11,18H,8-9H2,1-5H3,(H,17,19). The molecule has 118 valence electrons. The third-order valence-corrected chi connectivity index (χ3v) is 3.36. The Morgan fingerprint density at radius 1 is 1.38 bits per heavy atom. The lowest BCUT2D eigenvalue weighted by molar-refractivity contribution is -0.0209. The minimum Gasteiger partial charge on any atom is -0.508 e. The summed E-state index contributed by atoms with van der Waals surface area (Å²) < 4.78 is 10.2. The first kappa shape index (κ1) is 17.3. The third-order valence-electron chi connectivity index (χ3n) is 3.36. The Hall–Kier alpha value is -1.75. The first-order valence-electron chi connectivity index (χ1n) is 7.07. The number of phenols is 1. The monoisotopic (exact) mass is 295 g/mol. The predicted molar refractivity (Wildman–Crippen MR) is 81.6 cm³/mol. The SMILES string of the molecule is COC(=O)NCCOC(C)(C)c1ccc(C(C)C)cc1O. The highest BCUT2D eigenvalue weighted by Gasteiger charge is 2.25. The van der Waals surface area contributed by atoms with Gasteiger partial charge in [0.05, 0.1) is 19.3 Å². The number of carbonyl (C=O) groups excluding carboxylic acids is 1. The summed E-state index contributed by atoms with van der Waals surface area (Å²) in [7, 11) is 1.31. The van der Waals surface area contributed by atoms with Crippen molar-refractivity contribution in [2.75, 3.05) is 20.3 Å². The van der Waals surface area contributed by atoms with E-state index < -0.39 is 11.7 Å². The van der Waals surface area contributed by atoms with Crippen molar-refractivity contribution < 1.29 is 19.4 Å². The molecule has 1 amide bonds. The van der Waals surface area contributed by atoms with Crippen LogP contribution in [0, 0.1) is 0 Å².